The Kier molecular flexibility index (Phi) is 5.31. The number of carbonyl (C=O) groups is 1. The number of nitrogens with zero attached hydrogens (tertiary/aromatic N) is 3. The van der Waals surface area contributed by atoms with Crippen LogP contribution in [0.2, 0.25) is 0 Å². The van der Waals surface area contributed by atoms with E-state index in [4.69, 9.17) is 4.74 Å². The number of rotatable bonds is 4. The van der Waals surface area contributed by atoms with Gasteiger partial charge in [0, 0.05) is 49.2 Å². The number of thiophene rings is 1. The van der Waals surface area contributed by atoms with Gasteiger partial charge in [0.1, 0.15) is 0 Å². The summed E-state index contributed by atoms with van der Waals surface area (Å²) in [6.45, 7) is 5.63. The molecule has 4 heterocycles. The Morgan fingerprint density at radius 3 is 2.72 bits per heavy atom. The van der Waals surface area contributed by atoms with Gasteiger partial charge in [0.25, 0.3) is 5.91 Å². The Hall–Kier alpha value is -2.28. The Bertz CT molecular complexity index is 998. The molecule has 2 fully saturated rings. The number of carbonyl (C=O) groups excluding carboxylic acids is 1. The van der Waals surface area contributed by atoms with Gasteiger partial charge < -0.3 is 9.64 Å². The molecule has 2 aromatic heterocycles. The molecule has 0 N–H and O–H groups in total. The first kappa shape index (κ1) is 18.7. The maximum atomic E-state index is 13.4. The minimum atomic E-state index is 0.178. The summed E-state index contributed by atoms with van der Waals surface area (Å²) < 4.78 is 6.66. The number of fused-ring (bicyclic) bond motifs is 1. The lowest BCUT2D eigenvalue weighted by molar-refractivity contribution is 0.0305. The van der Waals surface area contributed by atoms with Crippen molar-refractivity contribution in [3.05, 3.63) is 64.8 Å². The van der Waals surface area contributed by atoms with Crippen molar-refractivity contribution in [2.24, 2.45) is 0 Å². The highest BCUT2D eigenvalue weighted by atomic mass is 32.1. The number of amides is 1. The SMILES string of the molecule is O=C(c1sc2ccccc2c1[C@H]1CCN(Cc2ccncc2)C1)N1CCOCC1. The molecule has 0 aliphatic carbocycles. The summed E-state index contributed by atoms with van der Waals surface area (Å²) in [5.74, 6) is 0.574. The van der Waals surface area contributed by atoms with Crippen LogP contribution in [-0.4, -0.2) is 60.1 Å². The number of aromatic nitrogens is 1. The van der Waals surface area contributed by atoms with E-state index in [1.165, 1.54) is 21.2 Å². The molecule has 2 aliphatic rings. The lowest BCUT2D eigenvalue weighted by Gasteiger charge is -2.27. The van der Waals surface area contributed by atoms with E-state index >= 15 is 0 Å². The van der Waals surface area contributed by atoms with E-state index in [0.717, 1.165) is 30.9 Å². The van der Waals surface area contributed by atoms with Gasteiger partial charge in [-0.1, -0.05) is 18.2 Å². The second-order valence-electron chi connectivity index (χ2n) is 7.82. The molecule has 2 saturated heterocycles. The first-order chi connectivity index (χ1) is 14.3. The molecule has 6 heteroatoms. The Morgan fingerprint density at radius 1 is 1.10 bits per heavy atom. The zero-order chi connectivity index (χ0) is 19.6. The third-order valence-electron chi connectivity index (χ3n) is 5.96. The van der Waals surface area contributed by atoms with E-state index in [-0.39, 0.29) is 5.91 Å². The lowest BCUT2D eigenvalue weighted by Crippen LogP contribution is -2.40. The van der Waals surface area contributed by atoms with Crippen LogP contribution in [0.4, 0.5) is 0 Å². The van der Waals surface area contributed by atoms with Crippen LogP contribution in [0.5, 0.6) is 0 Å². The van der Waals surface area contributed by atoms with E-state index in [1.54, 1.807) is 11.3 Å². The van der Waals surface area contributed by atoms with Gasteiger partial charge in [0.15, 0.2) is 0 Å². The average molecular weight is 408 g/mol. The van der Waals surface area contributed by atoms with Crippen molar-refractivity contribution in [1.29, 1.82) is 0 Å². The third kappa shape index (κ3) is 3.80. The van der Waals surface area contributed by atoms with E-state index in [1.807, 2.05) is 17.3 Å². The quantitative estimate of drug-likeness (QED) is 0.661. The van der Waals surface area contributed by atoms with Crippen LogP contribution in [0.1, 0.15) is 33.1 Å². The summed E-state index contributed by atoms with van der Waals surface area (Å²) in [5, 5.41) is 1.25. The number of likely N-dealkylation sites (tertiary alicyclic amines) is 1. The van der Waals surface area contributed by atoms with Crippen LogP contribution in [0.25, 0.3) is 10.1 Å². The average Bonchev–Trinajstić information content (AvgIpc) is 3.38. The van der Waals surface area contributed by atoms with Gasteiger partial charge in [-0.25, -0.2) is 0 Å². The van der Waals surface area contributed by atoms with Crippen molar-refractivity contribution in [3.8, 4) is 0 Å². The topological polar surface area (TPSA) is 45.7 Å². The molecule has 0 bridgehead atoms. The predicted octanol–water partition coefficient (Wildman–Crippen LogP) is 3.76. The van der Waals surface area contributed by atoms with E-state index in [0.29, 0.717) is 32.2 Å². The van der Waals surface area contributed by atoms with Crippen molar-refractivity contribution < 1.29 is 9.53 Å². The predicted molar refractivity (Wildman–Crippen MR) is 115 cm³/mol. The Balaban J connectivity index is 1.43. The summed E-state index contributed by atoms with van der Waals surface area (Å²) in [6.07, 6.45) is 4.80. The molecule has 1 atom stereocenters. The number of pyridine rings is 1. The highest BCUT2D eigenvalue weighted by molar-refractivity contribution is 7.21. The molecule has 1 amide bonds. The standard InChI is InChI=1S/C23H25N3O2S/c27-23(26-11-13-28-14-12-26)22-21(19-3-1-2-4-20(19)29-22)18-7-10-25(16-18)15-17-5-8-24-9-6-17/h1-6,8-9,18H,7,10-16H2/t18-/m0/s1. The second-order valence-corrected chi connectivity index (χ2v) is 8.87. The molecule has 2 aliphatic heterocycles. The second kappa shape index (κ2) is 8.22. The van der Waals surface area contributed by atoms with Gasteiger partial charge in [0.2, 0.25) is 0 Å². The summed E-state index contributed by atoms with van der Waals surface area (Å²) >= 11 is 1.66. The molecule has 0 unspecified atom stereocenters. The molecule has 5 nitrogen and oxygen atoms in total. The molecule has 3 aromatic rings. The van der Waals surface area contributed by atoms with Crippen LogP contribution >= 0.6 is 11.3 Å². The molecule has 1 aromatic carbocycles. The summed E-state index contributed by atoms with van der Waals surface area (Å²) in [4.78, 5) is 22.9. The minimum Gasteiger partial charge on any atom is -0.378 e. The third-order valence-corrected chi connectivity index (χ3v) is 7.14. The fourth-order valence-corrected chi connectivity index (χ4v) is 5.76. The van der Waals surface area contributed by atoms with Gasteiger partial charge in [0.05, 0.1) is 18.1 Å². The Morgan fingerprint density at radius 2 is 1.90 bits per heavy atom. The normalized spacial score (nSPS) is 20.4. The summed E-state index contributed by atoms with van der Waals surface area (Å²) in [5.41, 5.74) is 2.56. The van der Waals surface area contributed by atoms with E-state index in [9.17, 15) is 4.79 Å². The number of ether oxygens (including phenoxy) is 1. The highest BCUT2D eigenvalue weighted by Gasteiger charge is 2.32. The molecule has 0 spiro atoms. The van der Waals surface area contributed by atoms with Crippen LogP contribution < -0.4 is 0 Å². The smallest absolute Gasteiger partial charge is 0.264 e. The molecular weight excluding hydrogens is 382 g/mol. The first-order valence-corrected chi connectivity index (χ1v) is 11.1. The van der Waals surface area contributed by atoms with E-state index < -0.39 is 0 Å². The van der Waals surface area contributed by atoms with Crippen molar-refractivity contribution in [3.63, 3.8) is 0 Å². The van der Waals surface area contributed by atoms with Gasteiger partial charge >= 0.3 is 0 Å². The van der Waals surface area contributed by atoms with Crippen LogP contribution in [-0.2, 0) is 11.3 Å². The van der Waals surface area contributed by atoms with Crippen molar-refractivity contribution in [1.82, 2.24) is 14.8 Å². The lowest BCUT2D eigenvalue weighted by atomic mass is 9.94. The number of benzene rings is 1. The van der Waals surface area contributed by atoms with Gasteiger partial charge in [-0.2, -0.15) is 0 Å². The maximum Gasteiger partial charge on any atom is 0.264 e. The maximum absolute atomic E-state index is 13.4. The van der Waals surface area contributed by atoms with Crippen LogP contribution in [0.15, 0.2) is 48.8 Å². The van der Waals surface area contributed by atoms with Gasteiger partial charge in [-0.15, -0.1) is 11.3 Å². The molecule has 0 saturated carbocycles. The molecule has 0 radical (unpaired) electrons. The van der Waals surface area contributed by atoms with Crippen molar-refractivity contribution in [2.75, 3.05) is 39.4 Å². The molecular formula is C23H25N3O2S. The first-order valence-electron chi connectivity index (χ1n) is 10.3. The van der Waals surface area contributed by atoms with Crippen LogP contribution in [0, 0.1) is 0 Å². The highest BCUT2D eigenvalue weighted by Crippen LogP contribution is 2.41. The summed E-state index contributed by atoms with van der Waals surface area (Å²) in [7, 11) is 0. The minimum absolute atomic E-state index is 0.178. The zero-order valence-electron chi connectivity index (χ0n) is 16.4. The van der Waals surface area contributed by atoms with Gasteiger partial charge in [-0.05, 0) is 47.7 Å². The largest absolute Gasteiger partial charge is 0.378 e. The monoisotopic (exact) mass is 407 g/mol. The number of hydrogen-bond acceptors (Lipinski definition) is 5. The zero-order valence-corrected chi connectivity index (χ0v) is 17.2. The van der Waals surface area contributed by atoms with Gasteiger partial charge in [-0.3, -0.25) is 14.7 Å². The molecule has 150 valence electrons. The van der Waals surface area contributed by atoms with Crippen molar-refractivity contribution in [2.45, 2.75) is 18.9 Å². The fourth-order valence-electron chi connectivity index (χ4n) is 4.50. The van der Waals surface area contributed by atoms with E-state index in [2.05, 4.69) is 46.3 Å². The number of hydrogen-bond donors (Lipinski definition) is 0. The molecule has 29 heavy (non-hydrogen) atoms. The number of morpholine rings is 1. The summed E-state index contributed by atoms with van der Waals surface area (Å²) in [6, 6.07) is 12.6. The fraction of sp³-hybridized carbons (Fsp3) is 0.391. The Labute approximate surface area is 174 Å². The molecule has 5 rings (SSSR count). The van der Waals surface area contributed by atoms with Crippen molar-refractivity contribution >= 4 is 27.3 Å². The van der Waals surface area contributed by atoms with Crippen LogP contribution in [0.3, 0.4) is 0 Å².